The van der Waals surface area contributed by atoms with Gasteiger partial charge in [0.25, 0.3) is 0 Å². The van der Waals surface area contributed by atoms with Gasteiger partial charge in [0.1, 0.15) is 11.4 Å². The number of carboxylic acids is 1. The number of nitrogens with zero attached hydrogens (tertiary/aromatic N) is 2. The number of fused-ring (bicyclic) bond motifs is 1. The van der Waals surface area contributed by atoms with E-state index < -0.39 is 5.97 Å². The molecule has 5 heteroatoms. The molecule has 1 unspecified atom stereocenters. The number of carbonyl (C=O) groups is 1. The molecule has 1 aromatic heterocycles. The molecule has 104 valence electrons. The van der Waals surface area contributed by atoms with E-state index in [1.807, 2.05) is 0 Å². The van der Waals surface area contributed by atoms with Crippen molar-refractivity contribution in [3.63, 3.8) is 0 Å². The van der Waals surface area contributed by atoms with Gasteiger partial charge in [-0.2, -0.15) is 5.10 Å². The van der Waals surface area contributed by atoms with Gasteiger partial charge in [-0.25, -0.2) is 9.48 Å². The van der Waals surface area contributed by atoms with Gasteiger partial charge < -0.3 is 10.4 Å². The lowest BCUT2D eigenvalue weighted by molar-refractivity contribution is 0.0697. The summed E-state index contributed by atoms with van der Waals surface area (Å²) < 4.78 is 1.79. The van der Waals surface area contributed by atoms with E-state index in [0.29, 0.717) is 5.82 Å². The summed E-state index contributed by atoms with van der Waals surface area (Å²) >= 11 is 0. The van der Waals surface area contributed by atoms with Crippen LogP contribution < -0.4 is 5.32 Å². The molecule has 0 saturated carbocycles. The second-order valence-corrected chi connectivity index (χ2v) is 4.98. The van der Waals surface area contributed by atoms with Crippen molar-refractivity contribution >= 4 is 11.8 Å². The van der Waals surface area contributed by atoms with Crippen molar-refractivity contribution in [2.75, 3.05) is 11.9 Å². The SMILES string of the molecule is CCc1ccc(C2CCNc3c(C(=O)O)cnn32)cc1. The van der Waals surface area contributed by atoms with Crippen molar-refractivity contribution < 1.29 is 9.90 Å². The summed E-state index contributed by atoms with van der Waals surface area (Å²) in [5, 5.41) is 16.5. The van der Waals surface area contributed by atoms with Gasteiger partial charge in [-0.3, -0.25) is 0 Å². The Hall–Kier alpha value is -2.30. The fourth-order valence-corrected chi connectivity index (χ4v) is 2.66. The van der Waals surface area contributed by atoms with Crippen LogP contribution in [-0.2, 0) is 6.42 Å². The summed E-state index contributed by atoms with van der Waals surface area (Å²) in [6.45, 7) is 2.89. The Balaban J connectivity index is 1.98. The number of hydrogen-bond donors (Lipinski definition) is 2. The van der Waals surface area contributed by atoms with Crippen LogP contribution >= 0.6 is 0 Å². The van der Waals surface area contributed by atoms with Gasteiger partial charge >= 0.3 is 5.97 Å². The zero-order valence-corrected chi connectivity index (χ0v) is 11.3. The topological polar surface area (TPSA) is 67.2 Å². The monoisotopic (exact) mass is 271 g/mol. The molecule has 2 heterocycles. The second kappa shape index (κ2) is 5.00. The molecule has 1 aliphatic rings. The first-order valence-electron chi connectivity index (χ1n) is 6.84. The fourth-order valence-electron chi connectivity index (χ4n) is 2.66. The Morgan fingerprint density at radius 2 is 2.20 bits per heavy atom. The minimum atomic E-state index is -0.944. The Morgan fingerprint density at radius 1 is 1.45 bits per heavy atom. The van der Waals surface area contributed by atoms with E-state index in [-0.39, 0.29) is 11.6 Å². The molecule has 1 atom stereocenters. The summed E-state index contributed by atoms with van der Waals surface area (Å²) in [6.07, 6.45) is 3.34. The highest BCUT2D eigenvalue weighted by molar-refractivity contribution is 5.93. The molecule has 0 amide bonds. The average Bonchev–Trinajstić information content (AvgIpc) is 2.91. The first-order valence-corrected chi connectivity index (χ1v) is 6.84. The van der Waals surface area contributed by atoms with Gasteiger partial charge in [0, 0.05) is 6.54 Å². The molecular formula is C15H17N3O2. The van der Waals surface area contributed by atoms with Gasteiger partial charge in [-0.05, 0) is 24.0 Å². The van der Waals surface area contributed by atoms with Crippen molar-refractivity contribution in [3.8, 4) is 0 Å². The third-order valence-electron chi connectivity index (χ3n) is 3.80. The molecule has 2 aromatic rings. The molecule has 0 spiro atoms. The van der Waals surface area contributed by atoms with Gasteiger partial charge in [0.05, 0.1) is 12.2 Å². The van der Waals surface area contributed by atoms with Crippen LogP contribution in [0.5, 0.6) is 0 Å². The van der Waals surface area contributed by atoms with Gasteiger partial charge in [-0.1, -0.05) is 31.2 Å². The lowest BCUT2D eigenvalue weighted by Gasteiger charge is -2.26. The Labute approximate surface area is 117 Å². The Morgan fingerprint density at radius 3 is 2.85 bits per heavy atom. The quantitative estimate of drug-likeness (QED) is 0.900. The van der Waals surface area contributed by atoms with Crippen molar-refractivity contribution in [2.24, 2.45) is 0 Å². The van der Waals surface area contributed by atoms with Crippen LogP contribution in [0, 0.1) is 0 Å². The molecule has 20 heavy (non-hydrogen) atoms. The predicted octanol–water partition coefficient (Wildman–Crippen LogP) is 2.55. The lowest BCUT2D eigenvalue weighted by Crippen LogP contribution is -2.25. The van der Waals surface area contributed by atoms with Crippen LogP contribution in [0.25, 0.3) is 0 Å². The van der Waals surface area contributed by atoms with Crippen molar-refractivity contribution in [3.05, 3.63) is 47.2 Å². The third kappa shape index (κ3) is 2.05. The van der Waals surface area contributed by atoms with Crippen LogP contribution in [0.15, 0.2) is 30.5 Å². The lowest BCUT2D eigenvalue weighted by atomic mass is 10.00. The summed E-state index contributed by atoms with van der Waals surface area (Å²) in [7, 11) is 0. The van der Waals surface area contributed by atoms with E-state index in [4.69, 9.17) is 5.11 Å². The summed E-state index contributed by atoms with van der Waals surface area (Å²) in [5.74, 6) is -0.339. The van der Waals surface area contributed by atoms with E-state index in [9.17, 15) is 4.79 Å². The number of anilines is 1. The maximum Gasteiger partial charge on any atom is 0.341 e. The van der Waals surface area contributed by atoms with Crippen LogP contribution in [0.3, 0.4) is 0 Å². The Bertz CT molecular complexity index is 631. The van der Waals surface area contributed by atoms with Crippen molar-refractivity contribution in [2.45, 2.75) is 25.8 Å². The van der Waals surface area contributed by atoms with Crippen molar-refractivity contribution in [1.29, 1.82) is 0 Å². The number of nitrogens with one attached hydrogen (secondary N) is 1. The van der Waals surface area contributed by atoms with E-state index in [0.717, 1.165) is 19.4 Å². The maximum atomic E-state index is 11.2. The number of aromatic carboxylic acids is 1. The smallest absolute Gasteiger partial charge is 0.341 e. The van der Waals surface area contributed by atoms with E-state index >= 15 is 0 Å². The van der Waals surface area contributed by atoms with Crippen LogP contribution in [0.4, 0.5) is 5.82 Å². The molecule has 0 fully saturated rings. The predicted molar refractivity (Wildman–Crippen MR) is 76.3 cm³/mol. The molecule has 2 N–H and O–H groups in total. The molecule has 0 saturated heterocycles. The van der Waals surface area contributed by atoms with E-state index in [2.05, 4.69) is 41.6 Å². The number of aryl methyl sites for hydroxylation is 1. The molecule has 0 radical (unpaired) electrons. The minimum absolute atomic E-state index is 0.102. The van der Waals surface area contributed by atoms with Crippen molar-refractivity contribution in [1.82, 2.24) is 9.78 Å². The first kappa shape index (κ1) is 12.7. The highest BCUT2D eigenvalue weighted by Gasteiger charge is 2.26. The largest absolute Gasteiger partial charge is 0.477 e. The zero-order valence-electron chi connectivity index (χ0n) is 11.3. The van der Waals surface area contributed by atoms with E-state index in [1.165, 1.54) is 17.3 Å². The first-order chi connectivity index (χ1) is 9.70. The standard InChI is InChI=1S/C15H17N3O2/c1-2-10-3-5-11(6-4-10)13-7-8-16-14-12(15(19)20)9-17-18(13)14/h3-6,9,13,16H,2,7-8H2,1H3,(H,19,20). The summed E-state index contributed by atoms with van der Waals surface area (Å²) in [5.41, 5.74) is 2.71. The fraction of sp³-hybridized carbons (Fsp3) is 0.333. The molecular weight excluding hydrogens is 254 g/mol. The number of rotatable bonds is 3. The van der Waals surface area contributed by atoms with Crippen LogP contribution in [0.1, 0.15) is 40.9 Å². The van der Waals surface area contributed by atoms with E-state index in [1.54, 1.807) is 4.68 Å². The highest BCUT2D eigenvalue weighted by Crippen LogP contribution is 2.31. The number of benzene rings is 1. The number of carboxylic acid groups (broad SMARTS) is 1. The van der Waals surface area contributed by atoms with Gasteiger partial charge in [0.15, 0.2) is 0 Å². The second-order valence-electron chi connectivity index (χ2n) is 4.98. The average molecular weight is 271 g/mol. The summed E-state index contributed by atoms with van der Waals surface area (Å²) in [4.78, 5) is 11.2. The molecule has 0 bridgehead atoms. The Kier molecular flexibility index (Phi) is 3.18. The molecule has 1 aliphatic heterocycles. The van der Waals surface area contributed by atoms with Gasteiger partial charge in [-0.15, -0.1) is 0 Å². The van der Waals surface area contributed by atoms with Crippen LogP contribution in [0.2, 0.25) is 0 Å². The minimum Gasteiger partial charge on any atom is -0.477 e. The summed E-state index contributed by atoms with van der Waals surface area (Å²) in [6, 6.07) is 8.57. The number of aromatic nitrogens is 2. The number of hydrogen-bond acceptors (Lipinski definition) is 3. The third-order valence-corrected chi connectivity index (χ3v) is 3.80. The van der Waals surface area contributed by atoms with Gasteiger partial charge in [0.2, 0.25) is 0 Å². The molecule has 3 rings (SSSR count). The maximum absolute atomic E-state index is 11.2. The molecule has 0 aliphatic carbocycles. The highest BCUT2D eigenvalue weighted by atomic mass is 16.4. The molecule has 5 nitrogen and oxygen atoms in total. The van der Waals surface area contributed by atoms with Crippen LogP contribution in [-0.4, -0.2) is 27.4 Å². The zero-order chi connectivity index (χ0) is 14.1. The molecule has 1 aromatic carbocycles. The normalized spacial score (nSPS) is 17.4.